The molecule has 3 aromatic heterocycles. The molecular formula is C24H24F2N4O3. The Morgan fingerprint density at radius 1 is 1.30 bits per heavy atom. The number of halogens is 2. The van der Waals surface area contributed by atoms with Crippen molar-refractivity contribution in [2.75, 3.05) is 6.61 Å². The van der Waals surface area contributed by atoms with Crippen molar-refractivity contribution >= 4 is 28.0 Å². The fourth-order valence-electron chi connectivity index (χ4n) is 4.77. The van der Waals surface area contributed by atoms with Gasteiger partial charge in [-0.25, -0.2) is 18.6 Å². The molecule has 4 aromatic rings. The van der Waals surface area contributed by atoms with Gasteiger partial charge in [-0.2, -0.15) is 5.10 Å². The molecule has 0 radical (unpaired) electrons. The summed E-state index contributed by atoms with van der Waals surface area (Å²) in [6.07, 6.45) is 2.62. The van der Waals surface area contributed by atoms with E-state index >= 15 is 0 Å². The van der Waals surface area contributed by atoms with Crippen molar-refractivity contribution in [2.45, 2.75) is 51.0 Å². The van der Waals surface area contributed by atoms with Crippen LogP contribution in [0.15, 0.2) is 30.5 Å². The molecule has 0 bridgehead atoms. The summed E-state index contributed by atoms with van der Waals surface area (Å²) >= 11 is 0. The van der Waals surface area contributed by atoms with Crippen LogP contribution in [-0.4, -0.2) is 43.0 Å². The van der Waals surface area contributed by atoms with Crippen molar-refractivity contribution in [2.24, 2.45) is 0 Å². The Bertz CT molecular complexity index is 1380. The van der Waals surface area contributed by atoms with Crippen LogP contribution in [0.3, 0.4) is 0 Å². The maximum absolute atomic E-state index is 14.2. The molecule has 0 aliphatic carbocycles. The average Bonchev–Trinajstić information content (AvgIpc) is 3.36. The first-order valence-electron chi connectivity index (χ1n) is 10.9. The molecule has 1 saturated heterocycles. The number of nitrogens with one attached hydrogen (secondary N) is 1. The minimum Gasteiger partial charge on any atom is -0.479 e. The molecular weight excluding hydrogens is 430 g/mol. The van der Waals surface area contributed by atoms with Gasteiger partial charge in [0, 0.05) is 34.3 Å². The number of aromatic nitrogens is 4. The van der Waals surface area contributed by atoms with Crippen LogP contribution in [0.5, 0.6) is 0 Å². The van der Waals surface area contributed by atoms with Crippen molar-refractivity contribution in [3.8, 4) is 5.69 Å². The maximum atomic E-state index is 14.2. The van der Waals surface area contributed by atoms with Gasteiger partial charge in [-0.3, -0.25) is 5.10 Å². The molecule has 9 heteroatoms. The van der Waals surface area contributed by atoms with Crippen LogP contribution in [0.1, 0.15) is 56.7 Å². The summed E-state index contributed by atoms with van der Waals surface area (Å²) in [6, 6.07) is 5.78. The van der Waals surface area contributed by atoms with E-state index in [2.05, 4.69) is 10.2 Å². The lowest BCUT2D eigenvalue weighted by Gasteiger charge is -2.35. The molecule has 172 valence electrons. The molecule has 1 fully saturated rings. The van der Waals surface area contributed by atoms with Crippen molar-refractivity contribution in [1.29, 1.82) is 0 Å². The SMILES string of the molecule is CC(C)c1c(C2CC[C@](C)(C(=O)O)OC2)c2nc3[nH]ncc3cc2n1-c1ccc(F)c(F)c1. The summed E-state index contributed by atoms with van der Waals surface area (Å²) in [6.45, 7) is 5.88. The molecule has 2 N–H and O–H groups in total. The zero-order valence-electron chi connectivity index (χ0n) is 18.5. The average molecular weight is 454 g/mol. The number of carboxylic acid groups (broad SMARTS) is 1. The third-order valence-corrected chi connectivity index (χ3v) is 6.56. The summed E-state index contributed by atoms with van der Waals surface area (Å²) in [5.41, 5.74) is 3.20. The van der Waals surface area contributed by atoms with Gasteiger partial charge < -0.3 is 14.4 Å². The van der Waals surface area contributed by atoms with E-state index < -0.39 is 23.2 Å². The van der Waals surface area contributed by atoms with E-state index in [0.29, 0.717) is 29.7 Å². The number of H-pyrrole nitrogens is 1. The zero-order chi connectivity index (χ0) is 23.5. The Morgan fingerprint density at radius 3 is 2.73 bits per heavy atom. The molecule has 7 nitrogen and oxygen atoms in total. The van der Waals surface area contributed by atoms with E-state index in [0.717, 1.165) is 28.2 Å². The predicted octanol–water partition coefficient (Wildman–Crippen LogP) is 5.04. The second kappa shape index (κ2) is 7.62. The number of hydrogen-bond acceptors (Lipinski definition) is 4. The van der Waals surface area contributed by atoms with Gasteiger partial charge in [0.05, 0.1) is 23.8 Å². The van der Waals surface area contributed by atoms with Gasteiger partial charge in [-0.1, -0.05) is 13.8 Å². The Balaban J connectivity index is 1.77. The first kappa shape index (κ1) is 21.5. The second-order valence-electron chi connectivity index (χ2n) is 9.13. The number of aromatic amines is 1. The molecule has 0 saturated carbocycles. The number of rotatable bonds is 4. The van der Waals surface area contributed by atoms with Gasteiger partial charge >= 0.3 is 5.97 Å². The van der Waals surface area contributed by atoms with E-state index in [1.54, 1.807) is 19.2 Å². The number of aliphatic carboxylic acids is 1. The van der Waals surface area contributed by atoms with E-state index in [4.69, 9.17) is 9.72 Å². The summed E-state index contributed by atoms with van der Waals surface area (Å²) in [4.78, 5) is 16.5. The van der Waals surface area contributed by atoms with Crippen LogP contribution in [0.25, 0.3) is 27.8 Å². The first-order chi connectivity index (χ1) is 15.7. The van der Waals surface area contributed by atoms with Crippen molar-refractivity contribution in [3.63, 3.8) is 0 Å². The lowest BCUT2D eigenvalue weighted by molar-refractivity contribution is -0.170. The highest BCUT2D eigenvalue weighted by molar-refractivity contribution is 5.93. The fourth-order valence-corrected chi connectivity index (χ4v) is 4.77. The van der Waals surface area contributed by atoms with E-state index in [-0.39, 0.29) is 18.4 Å². The van der Waals surface area contributed by atoms with Gasteiger partial charge in [0.15, 0.2) is 22.9 Å². The van der Waals surface area contributed by atoms with Crippen molar-refractivity contribution in [3.05, 3.63) is 53.4 Å². The minimum atomic E-state index is -1.23. The lowest BCUT2D eigenvalue weighted by Crippen LogP contribution is -2.43. The quantitative estimate of drug-likeness (QED) is 0.451. The van der Waals surface area contributed by atoms with E-state index in [1.165, 1.54) is 6.07 Å². The molecule has 5 rings (SSSR count). The lowest BCUT2D eigenvalue weighted by atomic mass is 9.84. The molecule has 33 heavy (non-hydrogen) atoms. The normalized spacial score (nSPS) is 21.3. The van der Waals surface area contributed by atoms with E-state index in [1.807, 2.05) is 24.5 Å². The second-order valence-corrected chi connectivity index (χ2v) is 9.13. The van der Waals surface area contributed by atoms with Crippen LogP contribution >= 0.6 is 0 Å². The third-order valence-electron chi connectivity index (χ3n) is 6.56. The number of ether oxygens (including phenoxy) is 1. The number of nitrogens with zero attached hydrogens (tertiary/aromatic N) is 3. The van der Waals surface area contributed by atoms with Gasteiger partial charge in [-0.05, 0) is 43.9 Å². The topological polar surface area (TPSA) is 93.0 Å². The number of fused-ring (bicyclic) bond motifs is 2. The van der Waals surface area contributed by atoms with Crippen LogP contribution in [-0.2, 0) is 9.53 Å². The van der Waals surface area contributed by atoms with Crippen molar-refractivity contribution < 1.29 is 23.4 Å². The first-order valence-corrected chi connectivity index (χ1v) is 10.9. The maximum Gasteiger partial charge on any atom is 0.335 e. The monoisotopic (exact) mass is 454 g/mol. The van der Waals surface area contributed by atoms with Gasteiger partial charge in [0.1, 0.15) is 0 Å². The number of carbonyl (C=O) groups is 1. The van der Waals surface area contributed by atoms with Crippen LogP contribution < -0.4 is 0 Å². The Morgan fingerprint density at radius 2 is 2.09 bits per heavy atom. The number of carboxylic acids is 1. The predicted molar refractivity (Wildman–Crippen MR) is 119 cm³/mol. The molecule has 4 heterocycles. The molecule has 1 aliphatic heterocycles. The molecule has 1 aliphatic rings. The molecule has 0 amide bonds. The highest BCUT2D eigenvalue weighted by Crippen LogP contribution is 2.43. The van der Waals surface area contributed by atoms with E-state index in [9.17, 15) is 18.7 Å². The summed E-state index contributed by atoms with van der Waals surface area (Å²) in [5.74, 6) is -2.90. The molecule has 1 unspecified atom stereocenters. The van der Waals surface area contributed by atoms with Crippen LogP contribution in [0, 0.1) is 11.6 Å². The smallest absolute Gasteiger partial charge is 0.335 e. The van der Waals surface area contributed by atoms with Gasteiger partial charge in [0.2, 0.25) is 0 Å². The van der Waals surface area contributed by atoms with Gasteiger partial charge in [-0.15, -0.1) is 0 Å². The van der Waals surface area contributed by atoms with Crippen LogP contribution in [0.2, 0.25) is 0 Å². The van der Waals surface area contributed by atoms with Crippen molar-refractivity contribution in [1.82, 2.24) is 19.7 Å². The highest BCUT2D eigenvalue weighted by Gasteiger charge is 2.41. The number of pyridine rings is 1. The summed E-state index contributed by atoms with van der Waals surface area (Å²) in [7, 11) is 0. The number of benzene rings is 1. The molecule has 0 spiro atoms. The Kier molecular flexibility index (Phi) is 4.97. The third kappa shape index (κ3) is 3.38. The highest BCUT2D eigenvalue weighted by atomic mass is 19.2. The molecule has 1 aromatic carbocycles. The summed E-state index contributed by atoms with van der Waals surface area (Å²) in [5, 5.41) is 17.3. The van der Waals surface area contributed by atoms with Crippen LogP contribution in [0.4, 0.5) is 8.78 Å². The molecule has 2 atom stereocenters. The standard InChI is InChI=1S/C24H24F2N4O3/c1-12(2)21-19(13-6-7-24(3,23(31)32)33-11-13)20-18(8-14-10-27-29-22(14)28-20)30(21)15-4-5-16(25)17(26)9-15/h4-5,8-10,12-13H,6-7,11H2,1-3H3,(H,31,32)(H,27,28,29)/t13?,24-/m1/s1. The fraction of sp³-hybridized carbons (Fsp3) is 0.375. The summed E-state index contributed by atoms with van der Waals surface area (Å²) < 4.78 is 35.7. The Hall–Kier alpha value is -3.33. The minimum absolute atomic E-state index is 0.0200. The van der Waals surface area contributed by atoms with Gasteiger partial charge in [0.25, 0.3) is 0 Å². The zero-order valence-corrected chi connectivity index (χ0v) is 18.5. The number of hydrogen-bond donors (Lipinski definition) is 2. The Labute approximate surface area is 188 Å². The largest absolute Gasteiger partial charge is 0.479 e.